The van der Waals surface area contributed by atoms with Gasteiger partial charge in [-0.05, 0) is 11.5 Å². The van der Waals surface area contributed by atoms with Gasteiger partial charge in [0.1, 0.15) is 17.4 Å². The fraction of sp³-hybridized carbons (Fsp3) is 0.400. The number of para-hydroxylation sites is 1. The van der Waals surface area contributed by atoms with Gasteiger partial charge in [-0.2, -0.15) is 5.26 Å². The zero-order valence-electron chi connectivity index (χ0n) is 15.4. The summed E-state index contributed by atoms with van der Waals surface area (Å²) >= 11 is 0. The minimum absolute atomic E-state index is 0.0339. The molecule has 0 aromatic heterocycles. The van der Waals surface area contributed by atoms with E-state index in [1.54, 1.807) is 19.2 Å². The minimum Gasteiger partial charge on any atom is -0.493 e. The van der Waals surface area contributed by atoms with Crippen molar-refractivity contribution in [2.24, 2.45) is 11.1 Å². The summed E-state index contributed by atoms with van der Waals surface area (Å²) in [7, 11) is 3.07. The van der Waals surface area contributed by atoms with Crippen LogP contribution in [0.3, 0.4) is 0 Å². The fourth-order valence-corrected chi connectivity index (χ4v) is 3.74. The topological polar surface area (TPSA) is 94.6 Å². The predicted octanol–water partition coefficient (Wildman–Crippen LogP) is 3.15. The Balaban J connectivity index is 2.26. The Morgan fingerprint density at radius 2 is 2.00 bits per heavy atom. The van der Waals surface area contributed by atoms with E-state index in [2.05, 4.69) is 6.07 Å². The normalized spacial score (nSPS) is 21.7. The third kappa shape index (κ3) is 2.80. The maximum atomic E-state index is 13.0. The van der Waals surface area contributed by atoms with Crippen molar-refractivity contribution >= 4 is 5.78 Å². The van der Waals surface area contributed by atoms with Gasteiger partial charge in [0.05, 0.1) is 20.1 Å². The monoisotopic (exact) mass is 354 g/mol. The highest BCUT2D eigenvalue weighted by Crippen LogP contribution is 2.50. The van der Waals surface area contributed by atoms with Gasteiger partial charge < -0.3 is 19.9 Å². The highest BCUT2D eigenvalue weighted by Gasteiger charge is 2.44. The fourth-order valence-electron chi connectivity index (χ4n) is 3.74. The summed E-state index contributed by atoms with van der Waals surface area (Å²) in [5, 5.41) is 9.69. The molecular weight excluding hydrogens is 332 g/mol. The molecule has 1 aromatic rings. The number of Topliss-reactive ketones (excluding diaryl/α,β-unsaturated/α-hetero) is 1. The number of benzene rings is 1. The second-order valence-corrected chi connectivity index (χ2v) is 7.29. The summed E-state index contributed by atoms with van der Waals surface area (Å²) in [5.41, 5.74) is 7.18. The Morgan fingerprint density at radius 3 is 2.62 bits per heavy atom. The lowest BCUT2D eigenvalue weighted by Crippen LogP contribution is -2.33. The van der Waals surface area contributed by atoms with Crippen LogP contribution in [-0.2, 0) is 9.53 Å². The SMILES string of the molecule is COc1cccc([C@@H]2C(C#N)=C(N)OC3=C2C(=O)CC(C)(C)C3)c1OC. The van der Waals surface area contributed by atoms with Gasteiger partial charge in [-0.15, -0.1) is 0 Å². The number of ketones is 1. The average molecular weight is 354 g/mol. The zero-order valence-corrected chi connectivity index (χ0v) is 15.4. The molecule has 0 radical (unpaired) electrons. The van der Waals surface area contributed by atoms with Crippen LogP contribution in [0.2, 0.25) is 0 Å². The van der Waals surface area contributed by atoms with E-state index in [0.717, 1.165) is 0 Å². The molecule has 0 unspecified atom stereocenters. The van der Waals surface area contributed by atoms with Crippen molar-refractivity contribution in [3.63, 3.8) is 0 Å². The Morgan fingerprint density at radius 1 is 1.27 bits per heavy atom. The highest BCUT2D eigenvalue weighted by atomic mass is 16.5. The van der Waals surface area contributed by atoms with E-state index in [9.17, 15) is 10.1 Å². The summed E-state index contributed by atoms with van der Waals surface area (Å²) in [6, 6.07) is 7.50. The van der Waals surface area contributed by atoms with Gasteiger partial charge in [-0.25, -0.2) is 0 Å². The molecule has 0 fully saturated rings. The molecule has 2 aliphatic rings. The summed E-state index contributed by atoms with van der Waals surface area (Å²) in [4.78, 5) is 13.0. The molecule has 0 amide bonds. The minimum atomic E-state index is -0.627. The molecule has 0 spiro atoms. The van der Waals surface area contributed by atoms with Crippen LogP contribution >= 0.6 is 0 Å². The zero-order chi connectivity index (χ0) is 19.1. The summed E-state index contributed by atoms with van der Waals surface area (Å²) in [6.45, 7) is 4.03. The number of rotatable bonds is 3. The van der Waals surface area contributed by atoms with Crippen molar-refractivity contribution in [1.29, 1.82) is 5.26 Å². The van der Waals surface area contributed by atoms with Crippen LogP contribution in [0.4, 0.5) is 0 Å². The van der Waals surface area contributed by atoms with Crippen LogP contribution in [-0.4, -0.2) is 20.0 Å². The Labute approximate surface area is 152 Å². The van der Waals surface area contributed by atoms with Crippen LogP contribution in [0, 0.1) is 16.7 Å². The van der Waals surface area contributed by atoms with E-state index >= 15 is 0 Å². The van der Waals surface area contributed by atoms with Crippen molar-refractivity contribution < 1.29 is 19.0 Å². The predicted molar refractivity (Wildman–Crippen MR) is 95.2 cm³/mol. The molecule has 0 bridgehead atoms. The van der Waals surface area contributed by atoms with Crippen molar-refractivity contribution in [3.8, 4) is 17.6 Å². The molecule has 6 heteroatoms. The third-order valence-electron chi connectivity index (χ3n) is 4.82. The first-order valence-corrected chi connectivity index (χ1v) is 8.37. The van der Waals surface area contributed by atoms with Crippen LogP contribution in [0.1, 0.15) is 38.2 Å². The molecule has 6 nitrogen and oxygen atoms in total. The average Bonchev–Trinajstić information content (AvgIpc) is 2.58. The lowest BCUT2D eigenvalue weighted by atomic mass is 9.70. The molecule has 3 rings (SSSR count). The van der Waals surface area contributed by atoms with Gasteiger partial charge in [0.25, 0.3) is 0 Å². The standard InChI is InChI=1S/C20H22N2O4/c1-20(2)8-13(23)17-15(9-20)26-19(22)12(10-21)16(17)11-6-5-7-14(24-3)18(11)25-4/h5-7,16H,8-9,22H2,1-4H3/t16-/m1/s1. The molecule has 1 aromatic carbocycles. The molecule has 1 atom stereocenters. The Kier molecular flexibility index (Phi) is 4.41. The number of nitrogens with two attached hydrogens (primary N) is 1. The van der Waals surface area contributed by atoms with Crippen LogP contribution in [0.5, 0.6) is 11.5 Å². The van der Waals surface area contributed by atoms with Gasteiger partial charge in [0, 0.05) is 24.0 Å². The molecule has 1 heterocycles. The smallest absolute Gasteiger partial charge is 0.205 e. The van der Waals surface area contributed by atoms with Crippen LogP contribution < -0.4 is 15.2 Å². The van der Waals surface area contributed by atoms with Crippen molar-refractivity contribution in [2.45, 2.75) is 32.6 Å². The van der Waals surface area contributed by atoms with Gasteiger partial charge in [0.15, 0.2) is 17.3 Å². The number of carbonyl (C=O) groups excluding carboxylic acids is 1. The number of allylic oxidation sites excluding steroid dienone is 3. The van der Waals surface area contributed by atoms with E-state index in [1.165, 1.54) is 7.11 Å². The second kappa shape index (κ2) is 6.41. The van der Waals surface area contributed by atoms with Gasteiger partial charge in [-0.1, -0.05) is 26.0 Å². The van der Waals surface area contributed by atoms with E-state index in [0.29, 0.717) is 41.2 Å². The van der Waals surface area contributed by atoms with E-state index in [1.807, 2.05) is 19.9 Å². The highest BCUT2D eigenvalue weighted by molar-refractivity contribution is 6.00. The number of methoxy groups -OCH3 is 2. The molecule has 26 heavy (non-hydrogen) atoms. The van der Waals surface area contributed by atoms with Crippen LogP contribution in [0.25, 0.3) is 0 Å². The van der Waals surface area contributed by atoms with Crippen molar-refractivity contribution in [1.82, 2.24) is 0 Å². The first-order chi connectivity index (χ1) is 12.3. The number of ether oxygens (including phenoxy) is 3. The molecule has 0 saturated carbocycles. The van der Waals surface area contributed by atoms with Crippen molar-refractivity contribution in [2.75, 3.05) is 14.2 Å². The molecule has 2 N–H and O–H groups in total. The quantitative estimate of drug-likeness (QED) is 0.896. The van der Waals surface area contributed by atoms with E-state index < -0.39 is 5.92 Å². The lowest BCUT2D eigenvalue weighted by molar-refractivity contribution is -0.119. The summed E-state index contributed by atoms with van der Waals surface area (Å²) in [6.07, 6.45) is 0.965. The van der Waals surface area contributed by atoms with Gasteiger partial charge >= 0.3 is 0 Å². The molecule has 0 saturated heterocycles. The molecule has 1 aliphatic carbocycles. The van der Waals surface area contributed by atoms with E-state index in [-0.39, 0.29) is 22.7 Å². The largest absolute Gasteiger partial charge is 0.493 e. The maximum absolute atomic E-state index is 13.0. The van der Waals surface area contributed by atoms with Crippen molar-refractivity contribution in [3.05, 3.63) is 46.6 Å². The maximum Gasteiger partial charge on any atom is 0.205 e. The number of nitriles is 1. The first-order valence-electron chi connectivity index (χ1n) is 8.37. The van der Waals surface area contributed by atoms with Gasteiger partial charge in [0.2, 0.25) is 5.88 Å². The Hall–Kier alpha value is -2.94. The number of nitrogens with zero attached hydrogens (tertiary/aromatic N) is 1. The summed E-state index contributed by atoms with van der Waals surface area (Å²) < 4.78 is 16.6. The number of hydrogen-bond donors (Lipinski definition) is 1. The second-order valence-electron chi connectivity index (χ2n) is 7.29. The molecular formula is C20H22N2O4. The summed E-state index contributed by atoms with van der Waals surface area (Å²) in [5.74, 6) is 0.915. The third-order valence-corrected chi connectivity index (χ3v) is 4.82. The van der Waals surface area contributed by atoms with Gasteiger partial charge in [-0.3, -0.25) is 4.79 Å². The van der Waals surface area contributed by atoms with E-state index in [4.69, 9.17) is 19.9 Å². The molecule has 1 aliphatic heterocycles. The number of hydrogen-bond acceptors (Lipinski definition) is 6. The number of carbonyl (C=O) groups is 1. The molecule has 136 valence electrons. The Bertz CT molecular complexity index is 874. The lowest BCUT2D eigenvalue weighted by Gasteiger charge is -2.37. The first kappa shape index (κ1) is 17.9. The van der Waals surface area contributed by atoms with Crippen LogP contribution in [0.15, 0.2) is 41.0 Å².